The van der Waals surface area contributed by atoms with Gasteiger partial charge in [0, 0.05) is 37.6 Å². The van der Waals surface area contributed by atoms with Gasteiger partial charge in [-0.05, 0) is 13.8 Å². The minimum absolute atomic E-state index is 0.118. The third kappa shape index (κ3) is 2.74. The molecule has 0 saturated carbocycles. The van der Waals surface area contributed by atoms with Crippen LogP contribution in [0.5, 0.6) is 0 Å². The van der Waals surface area contributed by atoms with Gasteiger partial charge in [0.2, 0.25) is 0 Å². The van der Waals surface area contributed by atoms with Crippen molar-refractivity contribution >= 4 is 32.1 Å². The van der Waals surface area contributed by atoms with Gasteiger partial charge >= 0.3 is 0 Å². The maximum absolute atomic E-state index is 13.0. The van der Waals surface area contributed by atoms with Crippen LogP contribution in [0.25, 0.3) is 4.96 Å². The van der Waals surface area contributed by atoms with E-state index in [1.54, 1.807) is 36.9 Å². The highest BCUT2D eigenvalue weighted by Crippen LogP contribution is 2.29. The van der Waals surface area contributed by atoms with Crippen LogP contribution in [-0.2, 0) is 10.0 Å². The van der Waals surface area contributed by atoms with Crippen molar-refractivity contribution in [2.45, 2.75) is 31.3 Å². The molecule has 2 heterocycles. The molecule has 9 heteroatoms. The molecule has 0 aliphatic rings. The highest BCUT2D eigenvalue weighted by atomic mass is 32.2. The largest absolute Gasteiger partial charge is 0.371 e. The molecule has 0 aliphatic heterocycles. The molecule has 2 aromatic heterocycles. The molecule has 0 bridgehead atoms. The van der Waals surface area contributed by atoms with E-state index < -0.39 is 10.0 Å². The highest BCUT2D eigenvalue weighted by Gasteiger charge is 2.33. The van der Waals surface area contributed by atoms with Gasteiger partial charge in [0.25, 0.3) is 10.0 Å². The number of imidazole rings is 1. The molecule has 0 amide bonds. The summed E-state index contributed by atoms with van der Waals surface area (Å²) in [4.78, 5) is 4.89. The summed E-state index contributed by atoms with van der Waals surface area (Å²) in [6.07, 6.45) is 1.83. The van der Waals surface area contributed by atoms with E-state index in [4.69, 9.17) is 5.26 Å². The van der Waals surface area contributed by atoms with Crippen molar-refractivity contribution in [3.63, 3.8) is 0 Å². The van der Waals surface area contributed by atoms with E-state index in [1.165, 1.54) is 15.6 Å². The van der Waals surface area contributed by atoms with Gasteiger partial charge in [-0.15, -0.1) is 11.3 Å². The number of nitrogens with zero attached hydrogens (tertiary/aromatic N) is 4. The number of sulfonamides is 1. The van der Waals surface area contributed by atoms with E-state index in [1.807, 2.05) is 6.07 Å². The molecule has 7 nitrogen and oxygen atoms in total. The van der Waals surface area contributed by atoms with Crippen molar-refractivity contribution in [1.29, 1.82) is 5.26 Å². The number of nitrogens with one attached hydrogen (secondary N) is 1. The normalized spacial score (nSPS) is 12.2. The first-order valence-corrected chi connectivity index (χ1v) is 8.77. The topological polar surface area (TPSA) is 90.5 Å². The van der Waals surface area contributed by atoms with Gasteiger partial charge in [0.1, 0.15) is 0 Å². The van der Waals surface area contributed by atoms with Crippen LogP contribution >= 0.6 is 11.3 Å². The number of aromatic nitrogens is 2. The van der Waals surface area contributed by atoms with Crippen LogP contribution in [0.2, 0.25) is 0 Å². The van der Waals surface area contributed by atoms with E-state index in [-0.39, 0.29) is 24.0 Å². The van der Waals surface area contributed by atoms with E-state index >= 15 is 0 Å². The number of hydrogen-bond acceptors (Lipinski definition) is 6. The van der Waals surface area contributed by atoms with Crippen molar-refractivity contribution in [3.8, 4) is 6.07 Å². The molecular weight excluding hydrogens is 310 g/mol. The smallest absolute Gasteiger partial charge is 0.263 e. The first kappa shape index (κ1) is 15.8. The number of fused-ring (bicyclic) bond motifs is 1. The fourth-order valence-electron chi connectivity index (χ4n) is 2.10. The molecule has 114 valence electrons. The van der Waals surface area contributed by atoms with Gasteiger partial charge < -0.3 is 5.32 Å². The van der Waals surface area contributed by atoms with Crippen LogP contribution in [0.3, 0.4) is 0 Å². The number of rotatable bonds is 6. The molecular formula is C12H17N5O2S2. The lowest BCUT2D eigenvalue weighted by Crippen LogP contribution is -2.38. The molecule has 1 N–H and O–H groups in total. The van der Waals surface area contributed by atoms with E-state index in [0.717, 1.165) is 0 Å². The minimum atomic E-state index is -3.74. The lowest BCUT2D eigenvalue weighted by Gasteiger charge is -2.24. The van der Waals surface area contributed by atoms with Crippen LogP contribution < -0.4 is 5.32 Å². The SMILES string of the molecule is CNc1nc2sccn2c1S(=O)(=O)N(CCC#N)C(C)C. The van der Waals surface area contributed by atoms with Crippen LogP contribution in [0.1, 0.15) is 20.3 Å². The Balaban J connectivity index is 2.58. The van der Waals surface area contributed by atoms with E-state index in [2.05, 4.69) is 10.3 Å². The van der Waals surface area contributed by atoms with Gasteiger partial charge in [-0.2, -0.15) is 9.57 Å². The fraction of sp³-hybridized carbons (Fsp3) is 0.500. The third-order valence-electron chi connectivity index (χ3n) is 3.03. The average molecular weight is 327 g/mol. The number of thiazole rings is 1. The van der Waals surface area contributed by atoms with Crippen molar-refractivity contribution in [1.82, 2.24) is 13.7 Å². The summed E-state index contributed by atoms with van der Waals surface area (Å²) in [5, 5.41) is 13.5. The molecule has 21 heavy (non-hydrogen) atoms. The molecule has 2 rings (SSSR count). The molecule has 0 saturated heterocycles. The van der Waals surface area contributed by atoms with Crippen LogP contribution in [-0.4, -0.2) is 41.7 Å². The van der Waals surface area contributed by atoms with Crippen molar-refractivity contribution in [2.75, 3.05) is 18.9 Å². The Morgan fingerprint density at radius 1 is 1.57 bits per heavy atom. The lowest BCUT2D eigenvalue weighted by atomic mass is 10.3. The Labute approximate surface area is 127 Å². The minimum Gasteiger partial charge on any atom is -0.371 e. The maximum atomic E-state index is 13.0. The summed E-state index contributed by atoms with van der Waals surface area (Å²) in [7, 11) is -2.10. The Bertz CT molecular complexity index is 769. The first-order valence-electron chi connectivity index (χ1n) is 6.45. The summed E-state index contributed by atoms with van der Waals surface area (Å²) in [5.74, 6) is 0.324. The Kier molecular flexibility index (Phi) is 4.51. The summed E-state index contributed by atoms with van der Waals surface area (Å²) in [6, 6.07) is 1.75. The first-order chi connectivity index (χ1) is 9.93. The fourth-order valence-corrected chi connectivity index (χ4v) is 4.77. The summed E-state index contributed by atoms with van der Waals surface area (Å²) >= 11 is 1.37. The zero-order valence-corrected chi connectivity index (χ0v) is 13.7. The van der Waals surface area contributed by atoms with Gasteiger partial charge in [0.15, 0.2) is 15.8 Å². The molecule has 2 aromatic rings. The van der Waals surface area contributed by atoms with Crippen LogP contribution in [0.15, 0.2) is 16.6 Å². The zero-order chi connectivity index (χ0) is 15.6. The van der Waals surface area contributed by atoms with E-state index in [9.17, 15) is 8.42 Å². The monoisotopic (exact) mass is 327 g/mol. The Morgan fingerprint density at radius 3 is 2.86 bits per heavy atom. The number of nitriles is 1. The zero-order valence-electron chi connectivity index (χ0n) is 12.1. The lowest BCUT2D eigenvalue weighted by molar-refractivity contribution is 0.359. The number of anilines is 1. The van der Waals surface area contributed by atoms with E-state index in [0.29, 0.717) is 10.8 Å². The standard InChI is InChI=1S/C12H17N5O2S2/c1-9(2)17(6-4-5-13)21(18,19)11-10(14-3)15-12-16(11)7-8-20-12/h7-9,14H,4,6H2,1-3H3. The Morgan fingerprint density at radius 2 is 2.29 bits per heavy atom. The highest BCUT2D eigenvalue weighted by molar-refractivity contribution is 7.89. The predicted molar refractivity (Wildman–Crippen MR) is 81.9 cm³/mol. The van der Waals surface area contributed by atoms with Gasteiger partial charge in [0.05, 0.1) is 6.07 Å². The van der Waals surface area contributed by atoms with Gasteiger partial charge in [-0.25, -0.2) is 13.4 Å². The molecule has 0 radical (unpaired) electrons. The average Bonchev–Trinajstić information content (AvgIpc) is 2.97. The molecule has 0 aromatic carbocycles. The second kappa shape index (κ2) is 6.01. The molecule has 0 spiro atoms. The molecule has 0 fully saturated rings. The third-order valence-corrected chi connectivity index (χ3v) is 5.89. The summed E-state index contributed by atoms with van der Waals surface area (Å²) in [5.41, 5.74) is 0. The molecule has 0 atom stereocenters. The molecule has 0 aliphatic carbocycles. The summed E-state index contributed by atoms with van der Waals surface area (Å²) in [6.45, 7) is 3.75. The maximum Gasteiger partial charge on any atom is 0.263 e. The van der Waals surface area contributed by atoms with Crippen molar-refractivity contribution < 1.29 is 8.42 Å². The summed E-state index contributed by atoms with van der Waals surface area (Å²) < 4.78 is 28.8. The second-order valence-electron chi connectivity index (χ2n) is 4.69. The van der Waals surface area contributed by atoms with Crippen molar-refractivity contribution in [2.24, 2.45) is 0 Å². The predicted octanol–water partition coefficient (Wildman–Crippen LogP) is 1.75. The van der Waals surface area contributed by atoms with Gasteiger partial charge in [-0.3, -0.25) is 4.40 Å². The van der Waals surface area contributed by atoms with Crippen LogP contribution in [0, 0.1) is 11.3 Å². The second-order valence-corrected chi connectivity index (χ2v) is 7.37. The Hall–Kier alpha value is -1.63. The van der Waals surface area contributed by atoms with Crippen LogP contribution in [0.4, 0.5) is 5.82 Å². The van der Waals surface area contributed by atoms with Crippen molar-refractivity contribution in [3.05, 3.63) is 11.6 Å². The molecule has 0 unspecified atom stereocenters. The quantitative estimate of drug-likeness (QED) is 0.873. The number of hydrogen-bond donors (Lipinski definition) is 1. The van der Waals surface area contributed by atoms with Gasteiger partial charge in [-0.1, -0.05) is 0 Å².